The summed E-state index contributed by atoms with van der Waals surface area (Å²) in [6.45, 7) is 5.31. The lowest BCUT2D eigenvalue weighted by molar-refractivity contribution is 0.0627. The van der Waals surface area contributed by atoms with Gasteiger partial charge in [-0.25, -0.2) is 0 Å². The third-order valence-corrected chi connectivity index (χ3v) is 5.35. The van der Waals surface area contributed by atoms with Crippen LogP contribution < -0.4 is 0 Å². The van der Waals surface area contributed by atoms with Crippen LogP contribution in [0.4, 0.5) is 0 Å². The highest BCUT2D eigenvalue weighted by Gasteiger charge is 2.06. The van der Waals surface area contributed by atoms with Gasteiger partial charge < -0.3 is 4.74 Å². The maximum atomic E-state index is 6.05. The standard InChI is InChI=1S/C26H38O/c1-3-4-5-6-7-8-9-10-11-15-22-27-23(2)24-18-20-26(21-19-24)25-16-13-12-14-17-25/h12-14,16-21,23H,3-11,15,22H2,1-2H3. The largest absolute Gasteiger partial charge is 0.374 e. The fourth-order valence-corrected chi connectivity index (χ4v) is 3.52. The molecule has 1 atom stereocenters. The number of unbranched alkanes of at least 4 members (excludes halogenated alkanes) is 9. The molecule has 1 unspecified atom stereocenters. The third kappa shape index (κ3) is 8.75. The molecule has 148 valence electrons. The normalized spacial score (nSPS) is 12.2. The Morgan fingerprint density at radius 2 is 1.15 bits per heavy atom. The molecule has 0 spiro atoms. The van der Waals surface area contributed by atoms with Crippen molar-refractivity contribution in [1.29, 1.82) is 0 Å². The topological polar surface area (TPSA) is 9.23 Å². The van der Waals surface area contributed by atoms with Gasteiger partial charge in [-0.3, -0.25) is 0 Å². The molecule has 0 fully saturated rings. The highest BCUT2D eigenvalue weighted by molar-refractivity contribution is 5.63. The molecular formula is C26H38O. The molecule has 0 aliphatic rings. The van der Waals surface area contributed by atoms with Gasteiger partial charge in [0, 0.05) is 6.61 Å². The lowest BCUT2D eigenvalue weighted by Crippen LogP contribution is -2.01. The van der Waals surface area contributed by atoms with Gasteiger partial charge in [0.15, 0.2) is 0 Å². The van der Waals surface area contributed by atoms with Crippen molar-refractivity contribution in [3.8, 4) is 11.1 Å². The van der Waals surface area contributed by atoms with E-state index in [9.17, 15) is 0 Å². The van der Waals surface area contributed by atoms with Crippen LogP contribution in [0.5, 0.6) is 0 Å². The first-order valence-electron chi connectivity index (χ1n) is 11.1. The summed E-state index contributed by atoms with van der Waals surface area (Å²) in [4.78, 5) is 0. The molecule has 2 aromatic carbocycles. The van der Waals surface area contributed by atoms with Crippen LogP contribution in [0, 0.1) is 0 Å². The summed E-state index contributed by atoms with van der Waals surface area (Å²) in [5.74, 6) is 0. The minimum atomic E-state index is 0.174. The van der Waals surface area contributed by atoms with Crippen molar-refractivity contribution >= 4 is 0 Å². The molecule has 0 saturated heterocycles. The first-order valence-corrected chi connectivity index (χ1v) is 11.1. The summed E-state index contributed by atoms with van der Waals surface area (Å²) in [5.41, 5.74) is 3.80. The molecular weight excluding hydrogens is 328 g/mol. The Morgan fingerprint density at radius 3 is 1.74 bits per heavy atom. The quantitative estimate of drug-likeness (QED) is 0.305. The number of hydrogen-bond acceptors (Lipinski definition) is 1. The second-order valence-electron chi connectivity index (χ2n) is 7.68. The molecule has 0 saturated carbocycles. The molecule has 0 radical (unpaired) electrons. The molecule has 0 aliphatic carbocycles. The van der Waals surface area contributed by atoms with Crippen LogP contribution in [0.3, 0.4) is 0 Å². The average molecular weight is 367 g/mol. The zero-order chi connectivity index (χ0) is 19.2. The van der Waals surface area contributed by atoms with Crippen molar-refractivity contribution in [2.45, 2.75) is 84.2 Å². The predicted molar refractivity (Wildman–Crippen MR) is 118 cm³/mol. The maximum Gasteiger partial charge on any atom is 0.0796 e. The summed E-state index contributed by atoms with van der Waals surface area (Å²) in [5, 5.41) is 0. The minimum Gasteiger partial charge on any atom is -0.374 e. The summed E-state index contributed by atoms with van der Waals surface area (Å²) < 4.78 is 6.05. The molecule has 0 heterocycles. The lowest BCUT2D eigenvalue weighted by atomic mass is 10.0. The molecule has 1 nitrogen and oxygen atoms in total. The van der Waals surface area contributed by atoms with Crippen molar-refractivity contribution in [2.24, 2.45) is 0 Å². The van der Waals surface area contributed by atoms with Crippen LogP contribution in [0.2, 0.25) is 0 Å². The number of ether oxygens (including phenoxy) is 1. The highest BCUT2D eigenvalue weighted by Crippen LogP contribution is 2.23. The first kappa shape index (κ1) is 21.7. The molecule has 1 heteroatoms. The predicted octanol–water partition coefficient (Wildman–Crippen LogP) is 8.35. The number of benzene rings is 2. The van der Waals surface area contributed by atoms with Crippen LogP contribution in [0.1, 0.15) is 89.7 Å². The van der Waals surface area contributed by atoms with Crippen molar-refractivity contribution in [1.82, 2.24) is 0 Å². The Balaban J connectivity index is 1.55. The fraction of sp³-hybridized carbons (Fsp3) is 0.538. The Hall–Kier alpha value is -1.60. The van der Waals surface area contributed by atoms with Gasteiger partial charge in [0.1, 0.15) is 0 Å². The van der Waals surface area contributed by atoms with Crippen LogP contribution in [0.15, 0.2) is 54.6 Å². The van der Waals surface area contributed by atoms with Gasteiger partial charge in [0.25, 0.3) is 0 Å². The number of hydrogen-bond donors (Lipinski definition) is 0. The summed E-state index contributed by atoms with van der Waals surface area (Å²) in [7, 11) is 0. The first-order chi connectivity index (χ1) is 13.3. The number of rotatable bonds is 14. The fourth-order valence-electron chi connectivity index (χ4n) is 3.52. The van der Waals surface area contributed by atoms with E-state index >= 15 is 0 Å². The van der Waals surface area contributed by atoms with E-state index in [0.717, 1.165) is 6.61 Å². The van der Waals surface area contributed by atoms with Gasteiger partial charge in [-0.2, -0.15) is 0 Å². The van der Waals surface area contributed by atoms with Gasteiger partial charge >= 0.3 is 0 Å². The molecule has 0 bridgehead atoms. The van der Waals surface area contributed by atoms with Gasteiger partial charge in [0.2, 0.25) is 0 Å². The molecule has 0 N–H and O–H groups in total. The van der Waals surface area contributed by atoms with E-state index in [4.69, 9.17) is 4.74 Å². The highest BCUT2D eigenvalue weighted by atomic mass is 16.5. The summed E-state index contributed by atoms with van der Waals surface area (Å²) in [6.07, 6.45) is 13.8. The zero-order valence-electron chi connectivity index (χ0n) is 17.5. The Morgan fingerprint density at radius 1 is 0.630 bits per heavy atom. The van der Waals surface area contributed by atoms with Gasteiger partial charge in [-0.05, 0) is 30.0 Å². The van der Waals surface area contributed by atoms with Crippen LogP contribution in [-0.4, -0.2) is 6.61 Å². The lowest BCUT2D eigenvalue weighted by Gasteiger charge is -2.14. The smallest absolute Gasteiger partial charge is 0.0796 e. The third-order valence-electron chi connectivity index (χ3n) is 5.35. The van der Waals surface area contributed by atoms with Gasteiger partial charge in [0.05, 0.1) is 6.10 Å². The van der Waals surface area contributed by atoms with Crippen LogP contribution >= 0.6 is 0 Å². The Bertz CT molecular complexity index is 587. The van der Waals surface area contributed by atoms with Gasteiger partial charge in [-0.1, -0.05) is 119 Å². The molecule has 0 aromatic heterocycles. The van der Waals surface area contributed by atoms with E-state index < -0.39 is 0 Å². The van der Waals surface area contributed by atoms with Crippen molar-refractivity contribution in [3.05, 3.63) is 60.2 Å². The van der Waals surface area contributed by atoms with E-state index in [1.54, 1.807) is 0 Å². The van der Waals surface area contributed by atoms with Crippen molar-refractivity contribution in [3.63, 3.8) is 0 Å². The van der Waals surface area contributed by atoms with E-state index in [2.05, 4.69) is 68.4 Å². The van der Waals surface area contributed by atoms with Crippen molar-refractivity contribution in [2.75, 3.05) is 6.61 Å². The van der Waals surface area contributed by atoms with E-state index in [1.807, 2.05) is 0 Å². The summed E-state index contributed by atoms with van der Waals surface area (Å²) >= 11 is 0. The van der Waals surface area contributed by atoms with E-state index in [-0.39, 0.29) is 6.10 Å². The molecule has 2 rings (SSSR count). The molecule has 27 heavy (non-hydrogen) atoms. The Kier molecular flexibility index (Phi) is 10.9. The van der Waals surface area contributed by atoms with E-state index in [0.29, 0.717) is 0 Å². The molecule has 0 amide bonds. The summed E-state index contributed by atoms with van der Waals surface area (Å²) in [6, 6.07) is 19.3. The minimum absolute atomic E-state index is 0.174. The maximum absolute atomic E-state index is 6.05. The van der Waals surface area contributed by atoms with Gasteiger partial charge in [-0.15, -0.1) is 0 Å². The zero-order valence-corrected chi connectivity index (χ0v) is 17.5. The Labute approximate surface area is 167 Å². The monoisotopic (exact) mass is 366 g/mol. The van der Waals surface area contributed by atoms with E-state index in [1.165, 1.54) is 80.9 Å². The van der Waals surface area contributed by atoms with Crippen LogP contribution in [-0.2, 0) is 4.74 Å². The average Bonchev–Trinajstić information content (AvgIpc) is 2.72. The SMILES string of the molecule is CCCCCCCCCCCCOC(C)c1ccc(-c2ccccc2)cc1. The second kappa shape index (κ2) is 13.6. The van der Waals surface area contributed by atoms with Crippen molar-refractivity contribution < 1.29 is 4.74 Å². The molecule has 0 aliphatic heterocycles. The second-order valence-corrected chi connectivity index (χ2v) is 7.68. The van der Waals surface area contributed by atoms with Crippen LogP contribution in [0.25, 0.3) is 11.1 Å². The molecule has 2 aromatic rings.